The van der Waals surface area contributed by atoms with E-state index >= 15 is 0 Å². The molecule has 0 amide bonds. The van der Waals surface area contributed by atoms with Crippen LogP contribution in [-0.4, -0.2) is 19.7 Å². The average molecular weight is 368 g/mol. The Balaban J connectivity index is 1.52. The SMILES string of the molecule is Cc1cc(C)cc(-n2ccnc2SCc2noc(-c3ccsc3)n2)c1. The summed E-state index contributed by atoms with van der Waals surface area (Å²) in [4.78, 5) is 8.92. The van der Waals surface area contributed by atoms with Crippen LogP contribution in [0.2, 0.25) is 0 Å². The molecule has 0 spiro atoms. The third kappa shape index (κ3) is 3.52. The maximum Gasteiger partial charge on any atom is 0.258 e. The van der Waals surface area contributed by atoms with E-state index in [0.717, 1.165) is 16.4 Å². The molecule has 0 fully saturated rings. The van der Waals surface area contributed by atoms with Gasteiger partial charge in [-0.2, -0.15) is 16.3 Å². The summed E-state index contributed by atoms with van der Waals surface area (Å²) in [7, 11) is 0. The van der Waals surface area contributed by atoms with Gasteiger partial charge >= 0.3 is 0 Å². The first-order valence-electron chi connectivity index (χ1n) is 7.79. The molecule has 0 bridgehead atoms. The van der Waals surface area contributed by atoms with E-state index < -0.39 is 0 Å². The fourth-order valence-electron chi connectivity index (χ4n) is 2.63. The molecule has 0 saturated heterocycles. The summed E-state index contributed by atoms with van der Waals surface area (Å²) in [6, 6.07) is 8.45. The minimum Gasteiger partial charge on any atom is -0.334 e. The summed E-state index contributed by atoms with van der Waals surface area (Å²) in [5.74, 6) is 1.84. The molecule has 0 N–H and O–H groups in total. The molecule has 0 aliphatic carbocycles. The van der Waals surface area contributed by atoms with Crippen molar-refractivity contribution in [2.45, 2.75) is 24.8 Å². The van der Waals surface area contributed by atoms with E-state index in [1.54, 1.807) is 23.1 Å². The molecule has 1 aromatic carbocycles. The Bertz CT molecular complexity index is 968. The van der Waals surface area contributed by atoms with Gasteiger partial charge < -0.3 is 4.52 Å². The van der Waals surface area contributed by atoms with Crippen molar-refractivity contribution in [2.75, 3.05) is 0 Å². The van der Waals surface area contributed by atoms with Crippen molar-refractivity contribution in [1.82, 2.24) is 19.7 Å². The van der Waals surface area contributed by atoms with Gasteiger partial charge in [-0.25, -0.2) is 4.98 Å². The van der Waals surface area contributed by atoms with E-state index in [1.165, 1.54) is 11.1 Å². The summed E-state index contributed by atoms with van der Waals surface area (Å²) in [5, 5.41) is 8.96. The number of hydrogen-bond acceptors (Lipinski definition) is 6. The van der Waals surface area contributed by atoms with Gasteiger partial charge in [0.2, 0.25) is 0 Å². The van der Waals surface area contributed by atoms with Crippen LogP contribution in [0.25, 0.3) is 17.1 Å². The van der Waals surface area contributed by atoms with Crippen LogP contribution in [0.1, 0.15) is 17.0 Å². The van der Waals surface area contributed by atoms with Crippen LogP contribution < -0.4 is 0 Å². The van der Waals surface area contributed by atoms with Gasteiger partial charge in [0.25, 0.3) is 5.89 Å². The molecule has 3 heterocycles. The summed E-state index contributed by atoms with van der Waals surface area (Å²) < 4.78 is 7.42. The molecule has 5 nitrogen and oxygen atoms in total. The van der Waals surface area contributed by atoms with Gasteiger partial charge in [0.05, 0.1) is 11.3 Å². The molecule has 0 radical (unpaired) electrons. The maximum absolute atomic E-state index is 5.33. The van der Waals surface area contributed by atoms with Crippen molar-refractivity contribution < 1.29 is 4.52 Å². The second-order valence-electron chi connectivity index (χ2n) is 5.74. The molecule has 3 aromatic heterocycles. The van der Waals surface area contributed by atoms with Crippen LogP contribution in [0.5, 0.6) is 0 Å². The van der Waals surface area contributed by atoms with Crippen LogP contribution >= 0.6 is 23.1 Å². The van der Waals surface area contributed by atoms with Crippen LogP contribution in [0.3, 0.4) is 0 Å². The number of benzene rings is 1. The van der Waals surface area contributed by atoms with Gasteiger partial charge in [0, 0.05) is 23.5 Å². The Morgan fingerprint density at radius 2 is 2.04 bits per heavy atom. The smallest absolute Gasteiger partial charge is 0.258 e. The number of rotatable bonds is 5. The first kappa shape index (κ1) is 16.1. The zero-order chi connectivity index (χ0) is 17.2. The van der Waals surface area contributed by atoms with Crippen molar-refractivity contribution in [1.29, 1.82) is 0 Å². The molecular formula is C18H16N4OS2. The van der Waals surface area contributed by atoms with Crippen molar-refractivity contribution >= 4 is 23.1 Å². The Morgan fingerprint density at radius 3 is 2.80 bits per heavy atom. The number of thiophene rings is 1. The topological polar surface area (TPSA) is 56.7 Å². The van der Waals surface area contributed by atoms with Crippen molar-refractivity contribution in [3.05, 3.63) is 64.4 Å². The van der Waals surface area contributed by atoms with Gasteiger partial charge in [-0.05, 0) is 48.6 Å². The first-order chi connectivity index (χ1) is 12.2. The van der Waals surface area contributed by atoms with Gasteiger partial charge in [0.15, 0.2) is 11.0 Å². The van der Waals surface area contributed by atoms with Crippen molar-refractivity contribution in [3.8, 4) is 17.1 Å². The third-order valence-electron chi connectivity index (χ3n) is 3.66. The van der Waals surface area contributed by atoms with E-state index in [4.69, 9.17) is 4.52 Å². The number of hydrogen-bond donors (Lipinski definition) is 0. The second-order valence-corrected chi connectivity index (χ2v) is 7.46. The summed E-state index contributed by atoms with van der Waals surface area (Å²) in [5.41, 5.74) is 4.55. The summed E-state index contributed by atoms with van der Waals surface area (Å²) in [6.45, 7) is 4.21. The van der Waals surface area contributed by atoms with Crippen molar-refractivity contribution in [3.63, 3.8) is 0 Å². The lowest BCUT2D eigenvalue weighted by atomic mass is 10.1. The van der Waals surface area contributed by atoms with Crippen LogP contribution in [0.15, 0.2) is 57.1 Å². The van der Waals surface area contributed by atoms with Crippen LogP contribution in [0.4, 0.5) is 0 Å². The van der Waals surface area contributed by atoms with E-state index in [2.05, 4.69) is 51.7 Å². The largest absolute Gasteiger partial charge is 0.334 e. The number of imidazole rings is 1. The lowest BCUT2D eigenvalue weighted by Gasteiger charge is -2.09. The first-order valence-corrected chi connectivity index (χ1v) is 9.72. The molecule has 0 atom stereocenters. The minimum absolute atomic E-state index is 0.564. The third-order valence-corrected chi connectivity index (χ3v) is 5.30. The number of nitrogens with zero attached hydrogens (tertiary/aromatic N) is 4. The average Bonchev–Trinajstić information content (AvgIpc) is 3.32. The summed E-state index contributed by atoms with van der Waals surface area (Å²) >= 11 is 3.20. The number of aromatic nitrogens is 4. The zero-order valence-corrected chi connectivity index (χ0v) is 15.5. The highest BCUT2D eigenvalue weighted by atomic mass is 32.2. The normalized spacial score (nSPS) is 11.1. The highest BCUT2D eigenvalue weighted by Crippen LogP contribution is 2.26. The maximum atomic E-state index is 5.33. The zero-order valence-electron chi connectivity index (χ0n) is 13.8. The Kier molecular flexibility index (Phi) is 4.42. The molecule has 0 saturated carbocycles. The summed E-state index contributed by atoms with van der Waals surface area (Å²) in [6.07, 6.45) is 3.79. The van der Waals surface area contributed by atoms with Crippen molar-refractivity contribution in [2.24, 2.45) is 0 Å². The molecule has 126 valence electrons. The Morgan fingerprint density at radius 1 is 1.20 bits per heavy atom. The minimum atomic E-state index is 0.564. The lowest BCUT2D eigenvalue weighted by Crippen LogP contribution is -1.97. The quantitative estimate of drug-likeness (QED) is 0.469. The molecule has 0 aliphatic rings. The fourth-order valence-corrected chi connectivity index (χ4v) is 4.07. The Labute approximate surface area is 153 Å². The van der Waals surface area contributed by atoms with E-state index in [9.17, 15) is 0 Å². The predicted octanol–water partition coefficient (Wildman–Crippen LogP) is 4.89. The highest BCUT2D eigenvalue weighted by molar-refractivity contribution is 7.98. The number of aryl methyl sites for hydroxylation is 2. The molecule has 0 aliphatic heterocycles. The van der Waals surface area contributed by atoms with Crippen LogP contribution in [0, 0.1) is 13.8 Å². The van der Waals surface area contributed by atoms with E-state index in [-0.39, 0.29) is 0 Å². The second kappa shape index (κ2) is 6.85. The van der Waals surface area contributed by atoms with Gasteiger partial charge in [-0.3, -0.25) is 4.57 Å². The predicted molar refractivity (Wildman–Crippen MR) is 100 cm³/mol. The molecule has 25 heavy (non-hydrogen) atoms. The molecule has 7 heteroatoms. The molecule has 4 aromatic rings. The van der Waals surface area contributed by atoms with Gasteiger partial charge in [-0.15, -0.1) is 0 Å². The molecular weight excluding hydrogens is 352 g/mol. The lowest BCUT2D eigenvalue weighted by molar-refractivity contribution is 0.425. The fraction of sp³-hybridized carbons (Fsp3) is 0.167. The molecule has 0 unspecified atom stereocenters. The monoisotopic (exact) mass is 368 g/mol. The van der Waals surface area contributed by atoms with Crippen LogP contribution in [-0.2, 0) is 5.75 Å². The Hall–Kier alpha value is -2.38. The molecule has 4 rings (SSSR count). The van der Waals surface area contributed by atoms with Gasteiger partial charge in [0.1, 0.15) is 0 Å². The van der Waals surface area contributed by atoms with E-state index in [1.807, 2.05) is 29.2 Å². The van der Waals surface area contributed by atoms with E-state index in [0.29, 0.717) is 17.5 Å². The highest BCUT2D eigenvalue weighted by Gasteiger charge is 2.12. The number of thioether (sulfide) groups is 1. The van der Waals surface area contributed by atoms with Gasteiger partial charge in [-0.1, -0.05) is 23.0 Å². The standard InChI is InChI=1S/C18H16N4OS2/c1-12-7-13(2)9-15(8-12)22-5-4-19-18(22)25-11-16-20-17(23-21-16)14-3-6-24-10-14/h3-10H,11H2,1-2H3.